The highest BCUT2D eigenvalue weighted by Gasteiger charge is 2.36. The zero-order valence-electron chi connectivity index (χ0n) is 17.8. The fourth-order valence-electron chi connectivity index (χ4n) is 1.73. The molecule has 1 aromatic rings. The highest BCUT2D eigenvalue weighted by atomic mass is 28.3. The van der Waals surface area contributed by atoms with Gasteiger partial charge in [0, 0.05) is 12.9 Å². The summed E-state index contributed by atoms with van der Waals surface area (Å²) in [5, 5.41) is -0.168. The highest BCUT2D eigenvalue weighted by Crippen LogP contribution is 2.35. The number of ether oxygens (including phenoxy) is 2. The van der Waals surface area contributed by atoms with E-state index in [1.165, 1.54) is 0 Å². The third kappa shape index (κ3) is 3.36. The summed E-state index contributed by atoms with van der Waals surface area (Å²) in [6, 6.07) is 2.77. The summed E-state index contributed by atoms with van der Waals surface area (Å²) in [7, 11) is -2.34. The number of hydrogen-bond acceptors (Lipinski definition) is 3. The molecule has 2 unspecified atom stereocenters. The van der Waals surface area contributed by atoms with E-state index in [4.69, 9.17) is 16.3 Å². The van der Waals surface area contributed by atoms with Crippen LogP contribution in [0.25, 0.3) is 0 Å². The van der Waals surface area contributed by atoms with Gasteiger partial charge in [-0.15, -0.1) is 0 Å². The quantitative estimate of drug-likeness (QED) is 0.854. The lowest BCUT2D eigenvalue weighted by Gasteiger charge is -2.39. The first-order chi connectivity index (χ1) is 11.2. The molecule has 2 atom stereocenters. The maximum atomic E-state index is 8.75. The van der Waals surface area contributed by atoms with Gasteiger partial charge in [-0.3, -0.25) is 0 Å². The van der Waals surface area contributed by atoms with Gasteiger partial charge < -0.3 is 14.5 Å². The van der Waals surface area contributed by atoms with Crippen LogP contribution in [0, 0.1) is 0 Å². The molecule has 1 aromatic carbocycles. The summed E-state index contributed by atoms with van der Waals surface area (Å²) in [6.07, 6.45) is -1.30. The Kier molecular flexibility index (Phi) is 2.66. The van der Waals surface area contributed by atoms with E-state index in [1.54, 1.807) is 18.2 Å². The van der Waals surface area contributed by atoms with Crippen LogP contribution in [0.3, 0.4) is 0 Å². The van der Waals surface area contributed by atoms with Gasteiger partial charge in [-0.05, 0) is 29.1 Å². The predicted octanol–water partition coefficient (Wildman–Crippen LogP) is 3.94. The van der Waals surface area contributed by atoms with Gasteiger partial charge in [0.2, 0.25) is 6.79 Å². The molecule has 0 aliphatic carbocycles. The Morgan fingerprint density at radius 2 is 2.10 bits per heavy atom. The van der Waals surface area contributed by atoms with Crippen molar-refractivity contribution in [3.8, 4) is 11.5 Å². The van der Waals surface area contributed by atoms with Crippen LogP contribution in [0.15, 0.2) is 18.2 Å². The van der Waals surface area contributed by atoms with Crippen LogP contribution < -0.4 is 14.5 Å². The summed E-state index contributed by atoms with van der Waals surface area (Å²) in [5.74, 6) is 1.05. The van der Waals surface area contributed by atoms with E-state index in [9.17, 15) is 0 Å². The van der Waals surface area contributed by atoms with Crippen molar-refractivity contribution < 1.29 is 16.3 Å². The molecule has 1 aliphatic heterocycles. The minimum Gasteiger partial charge on any atom is -0.454 e. The van der Waals surface area contributed by atoms with Gasteiger partial charge in [-0.1, -0.05) is 46.8 Å². The monoisotopic (exact) mass is 298 g/mol. The molecule has 1 N–H and O–H groups in total. The van der Waals surface area contributed by atoms with Crippen LogP contribution in [0.1, 0.15) is 40.0 Å². The SMILES string of the molecule is [2H]C(c1ccc2c(c1)OCO2)C([2H])(N[Si](C)(C)C(C)(C)C)C([2H])([2H])[2H]. The van der Waals surface area contributed by atoms with Gasteiger partial charge in [0.15, 0.2) is 11.5 Å². The lowest BCUT2D eigenvalue weighted by molar-refractivity contribution is 0.174. The van der Waals surface area contributed by atoms with Crippen molar-refractivity contribution in [1.29, 1.82) is 0 Å². The van der Waals surface area contributed by atoms with E-state index >= 15 is 0 Å². The van der Waals surface area contributed by atoms with Crippen molar-refractivity contribution >= 4 is 8.24 Å². The third-order valence-electron chi connectivity index (χ3n) is 4.03. The van der Waals surface area contributed by atoms with E-state index in [1.807, 2.05) is 33.9 Å². The van der Waals surface area contributed by atoms with Crippen molar-refractivity contribution in [3.05, 3.63) is 23.8 Å². The van der Waals surface area contributed by atoms with Crippen molar-refractivity contribution in [1.82, 2.24) is 4.98 Å². The van der Waals surface area contributed by atoms with E-state index in [2.05, 4.69) is 4.98 Å². The lowest BCUT2D eigenvalue weighted by atomic mass is 10.1. The second kappa shape index (κ2) is 5.41. The van der Waals surface area contributed by atoms with Gasteiger partial charge in [-0.25, -0.2) is 0 Å². The second-order valence-electron chi connectivity index (χ2n) is 6.67. The largest absolute Gasteiger partial charge is 0.454 e. The molecule has 0 saturated carbocycles. The standard InChI is InChI=1S/C16H27NO2Si/c1-12(17-20(5,6)16(2,3)4)9-13-7-8-14-15(10-13)19-11-18-14/h7-8,10,12,17H,9,11H2,1-6H3/i1D3,9D,12D. The van der Waals surface area contributed by atoms with Crippen LogP contribution in [0.2, 0.25) is 18.1 Å². The molecule has 1 aliphatic rings. The molecule has 3 nitrogen and oxygen atoms in total. The zero-order valence-corrected chi connectivity index (χ0v) is 13.8. The molecule has 0 radical (unpaired) electrons. The van der Waals surface area contributed by atoms with Crippen LogP contribution in [0.4, 0.5) is 0 Å². The Labute approximate surface area is 130 Å². The molecular weight excluding hydrogens is 266 g/mol. The Morgan fingerprint density at radius 1 is 1.40 bits per heavy atom. The van der Waals surface area contributed by atoms with Crippen LogP contribution >= 0.6 is 0 Å². The van der Waals surface area contributed by atoms with Crippen molar-refractivity contribution in [2.45, 2.75) is 58.2 Å². The maximum absolute atomic E-state index is 8.75. The fraction of sp³-hybridized carbons (Fsp3) is 0.625. The van der Waals surface area contributed by atoms with Gasteiger partial charge in [0.25, 0.3) is 0 Å². The predicted molar refractivity (Wildman–Crippen MR) is 86.1 cm³/mol. The Balaban J connectivity index is 2.43. The number of benzene rings is 1. The molecule has 4 heteroatoms. The van der Waals surface area contributed by atoms with Crippen LogP contribution in [-0.2, 0) is 6.40 Å². The summed E-state index contributed by atoms with van der Waals surface area (Å²) in [5.41, 5.74) is 0.418. The topological polar surface area (TPSA) is 30.5 Å². The molecule has 20 heavy (non-hydrogen) atoms. The van der Waals surface area contributed by atoms with E-state index in [0.717, 1.165) is 0 Å². The lowest BCUT2D eigenvalue weighted by Crippen LogP contribution is -2.55. The van der Waals surface area contributed by atoms with E-state index < -0.39 is 27.5 Å². The molecule has 0 saturated heterocycles. The normalized spacial score (nSPS) is 23.8. The minimum absolute atomic E-state index is 0.106. The van der Waals surface area contributed by atoms with Gasteiger partial charge in [0.05, 0.1) is 0 Å². The van der Waals surface area contributed by atoms with Crippen LogP contribution in [-0.4, -0.2) is 21.0 Å². The smallest absolute Gasteiger partial charge is 0.231 e. The number of nitrogens with one attached hydrogen (secondary N) is 1. The minimum atomic E-state index is -2.66. The van der Waals surface area contributed by atoms with Crippen molar-refractivity contribution in [3.63, 3.8) is 0 Å². The van der Waals surface area contributed by atoms with E-state index in [-0.39, 0.29) is 11.8 Å². The number of hydrogen-bond donors (Lipinski definition) is 1. The third-order valence-corrected chi connectivity index (χ3v) is 8.67. The first kappa shape index (κ1) is 9.85. The molecule has 2 rings (SSSR count). The second-order valence-corrected chi connectivity index (χ2v) is 11.7. The zero-order chi connectivity index (χ0) is 19.3. The summed E-state index contributed by atoms with van der Waals surface area (Å²) in [4.78, 5) is 3.10. The molecule has 0 bridgehead atoms. The molecule has 1 heterocycles. The van der Waals surface area contributed by atoms with Gasteiger partial charge >= 0.3 is 0 Å². The first-order valence-corrected chi connectivity index (χ1v) is 9.80. The highest BCUT2D eigenvalue weighted by molar-refractivity contribution is 6.77. The van der Waals surface area contributed by atoms with Crippen molar-refractivity contribution in [2.24, 2.45) is 0 Å². The average molecular weight is 299 g/mol. The maximum Gasteiger partial charge on any atom is 0.231 e. The fourth-order valence-corrected chi connectivity index (χ4v) is 2.85. The molecule has 0 amide bonds. The molecule has 0 fully saturated rings. The first-order valence-electron chi connectivity index (χ1n) is 9.38. The van der Waals surface area contributed by atoms with Gasteiger partial charge in [0.1, 0.15) is 8.24 Å². The van der Waals surface area contributed by atoms with E-state index in [0.29, 0.717) is 17.1 Å². The molecule has 0 spiro atoms. The Morgan fingerprint density at radius 3 is 2.75 bits per heavy atom. The number of fused-ring (bicyclic) bond motifs is 1. The summed E-state index contributed by atoms with van der Waals surface area (Å²) in [6.45, 7) is 7.53. The Hall–Kier alpha value is -1.00. The summed E-state index contributed by atoms with van der Waals surface area (Å²) >= 11 is 0. The Bertz CT molecular complexity index is 644. The molecule has 0 aromatic heterocycles. The average Bonchev–Trinajstić information content (AvgIpc) is 2.90. The molecular formula is C16H27NO2Si. The van der Waals surface area contributed by atoms with Crippen molar-refractivity contribution in [2.75, 3.05) is 6.79 Å². The number of rotatable bonds is 4. The van der Waals surface area contributed by atoms with Gasteiger partial charge in [-0.2, -0.15) is 0 Å². The molecule has 112 valence electrons. The van der Waals surface area contributed by atoms with Crippen LogP contribution in [0.5, 0.6) is 11.5 Å². The summed E-state index contributed by atoms with van der Waals surface area (Å²) < 4.78 is 51.7.